The fourth-order valence-electron chi connectivity index (χ4n) is 3.34. The number of hydrogen-bond donors (Lipinski definition) is 1. The van der Waals surface area contributed by atoms with Crippen molar-refractivity contribution in [3.63, 3.8) is 0 Å². The number of nitrogens with zero attached hydrogens (tertiary/aromatic N) is 2. The maximum atomic E-state index is 13.0. The summed E-state index contributed by atoms with van der Waals surface area (Å²) >= 11 is 0. The van der Waals surface area contributed by atoms with Crippen LogP contribution in [0.1, 0.15) is 57.2 Å². The van der Waals surface area contributed by atoms with E-state index in [4.69, 9.17) is 0 Å². The molecular formula is C17H28FN3. The van der Waals surface area contributed by atoms with Gasteiger partial charge in [0.15, 0.2) is 0 Å². The molecule has 1 aliphatic rings. The highest BCUT2D eigenvalue weighted by atomic mass is 19.1. The fraction of sp³-hybridized carbons (Fsp3) is 0.706. The van der Waals surface area contributed by atoms with Gasteiger partial charge < -0.3 is 10.2 Å². The van der Waals surface area contributed by atoms with Crippen molar-refractivity contribution >= 4 is 0 Å². The number of nitrogens with one attached hydrogen (secondary N) is 1. The van der Waals surface area contributed by atoms with Crippen LogP contribution in [0.5, 0.6) is 0 Å². The Morgan fingerprint density at radius 1 is 1.43 bits per heavy atom. The second-order valence-electron chi connectivity index (χ2n) is 6.01. The Bertz CT molecular complexity index is 405. The number of likely N-dealkylation sites (tertiary alicyclic amines) is 1. The lowest BCUT2D eigenvalue weighted by Gasteiger charge is -2.36. The topological polar surface area (TPSA) is 28.2 Å². The zero-order chi connectivity index (χ0) is 15.1. The van der Waals surface area contributed by atoms with E-state index in [1.54, 1.807) is 6.07 Å². The molecule has 3 nitrogen and oxygen atoms in total. The average molecular weight is 293 g/mol. The molecule has 1 fully saturated rings. The molecule has 0 amide bonds. The predicted octanol–water partition coefficient (Wildman–Crippen LogP) is 3.53. The SMILES string of the molecule is CCCC1CCCCN1CCC(NC)c1ccc(F)cn1. The monoisotopic (exact) mass is 293 g/mol. The number of aromatic nitrogens is 1. The van der Waals surface area contributed by atoms with Gasteiger partial charge in [-0.1, -0.05) is 19.8 Å². The third-order valence-electron chi connectivity index (χ3n) is 4.53. The molecule has 1 aliphatic heterocycles. The summed E-state index contributed by atoms with van der Waals surface area (Å²) in [6.45, 7) is 4.58. The molecule has 1 aromatic heterocycles. The number of pyridine rings is 1. The lowest BCUT2D eigenvalue weighted by atomic mass is 9.97. The number of piperidine rings is 1. The first kappa shape index (κ1) is 16.4. The second-order valence-corrected chi connectivity index (χ2v) is 6.01. The maximum absolute atomic E-state index is 13.0. The van der Waals surface area contributed by atoms with Gasteiger partial charge in [-0.3, -0.25) is 4.98 Å². The molecule has 4 heteroatoms. The predicted molar refractivity (Wildman–Crippen MR) is 84.7 cm³/mol. The minimum Gasteiger partial charge on any atom is -0.312 e. The molecule has 0 bridgehead atoms. The van der Waals surface area contributed by atoms with E-state index in [0.29, 0.717) is 0 Å². The largest absolute Gasteiger partial charge is 0.312 e. The van der Waals surface area contributed by atoms with Crippen LogP contribution in [0.4, 0.5) is 4.39 Å². The lowest BCUT2D eigenvalue weighted by molar-refractivity contribution is 0.133. The standard InChI is InChI=1S/C17H28FN3/c1-3-6-15-7-4-5-11-21(15)12-10-16(19-2)17-9-8-14(18)13-20-17/h8-9,13,15-16,19H,3-7,10-12H2,1-2H3. The van der Waals surface area contributed by atoms with Gasteiger partial charge in [-0.15, -0.1) is 0 Å². The minimum atomic E-state index is -0.271. The van der Waals surface area contributed by atoms with Crippen LogP contribution >= 0.6 is 0 Å². The Morgan fingerprint density at radius 2 is 2.29 bits per heavy atom. The van der Waals surface area contributed by atoms with Crippen LogP contribution in [-0.4, -0.2) is 36.1 Å². The van der Waals surface area contributed by atoms with E-state index < -0.39 is 0 Å². The molecule has 2 rings (SSSR count). The van der Waals surface area contributed by atoms with E-state index >= 15 is 0 Å². The minimum absolute atomic E-state index is 0.204. The molecule has 21 heavy (non-hydrogen) atoms. The first-order valence-corrected chi connectivity index (χ1v) is 8.27. The van der Waals surface area contributed by atoms with Gasteiger partial charge in [-0.2, -0.15) is 0 Å². The van der Waals surface area contributed by atoms with Crippen molar-refractivity contribution in [1.82, 2.24) is 15.2 Å². The number of rotatable bonds is 7. The first-order valence-electron chi connectivity index (χ1n) is 8.27. The summed E-state index contributed by atoms with van der Waals surface area (Å²) in [5.74, 6) is -0.271. The van der Waals surface area contributed by atoms with Gasteiger partial charge in [0.05, 0.1) is 17.9 Å². The van der Waals surface area contributed by atoms with Crippen LogP contribution in [0, 0.1) is 5.82 Å². The highest BCUT2D eigenvalue weighted by molar-refractivity contribution is 5.09. The van der Waals surface area contributed by atoms with Gasteiger partial charge in [0.1, 0.15) is 5.82 Å². The highest BCUT2D eigenvalue weighted by Gasteiger charge is 2.22. The molecule has 2 heterocycles. The molecule has 1 saturated heterocycles. The molecular weight excluding hydrogens is 265 g/mol. The highest BCUT2D eigenvalue weighted by Crippen LogP contribution is 2.23. The Kier molecular flexibility index (Phi) is 6.58. The van der Waals surface area contributed by atoms with Gasteiger partial charge in [0.25, 0.3) is 0 Å². The van der Waals surface area contributed by atoms with Crippen LogP contribution < -0.4 is 5.32 Å². The van der Waals surface area contributed by atoms with Gasteiger partial charge in [0, 0.05) is 12.6 Å². The van der Waals surface area contributed by atoms with E-state index in [2.05, 4.69) is 22.1 Å². The summed E-state index contributed by atoms with van der Waals surface area (Å²) in [4.78, 5) is 6.85. The molecule has 0 saturated carbocycles. The maximum Gasteiger partial charge on any atom is 0.141 e. The van der Waals surface area contributed by atoms with E-state index in [0.717, 1.165) is 24.7 Å². The zero-order valence-corrected chi connectivity index (χ0v) is 13.3. The van der Waals surface area contributed by atoms with Crippen LogP contribution in [0.15, 0.2) is 18.3 Å². The van der Waals surface area contributed by atoms with Crippen molar-refractivity contribution in [3.8, 4) is 0 Å². The first-order chi connectivity index (χ1) is 10.2. The summed E-state index contributed by atoms with van der Waals surface area (Å²) in [6.07, 6.45) is 8.92. The molecule has 0 spiro atoms. The number of halogens is 1. The summed E-state index contributed by atoms with van der Waals surface area (Å²) < 4.78 is 13.0. The van der Waals surface area contributed by atoms with Gasteiger partial charge in [0.2, 0.25) is 0 Å². The zero-order valence-electron chi connectivity index (χ0n) is 13.3. The van der Waals surface area contributed by atoms with Crippen LogP contribution in [-0.2, 0) is 0 Å². The Labute approximate surface area is 127 Å². The summed E-state index contributed by atoms with van der Waals surface area (Å²) in [5.41, 5.74) is 0.933. The molecule has 2 atom stereocenters. The number of hydrogen-bond acceptors (Lipinski definition) is 3. The molecule has 0 radical (unpaired) electrons. The summed E-state index contributed by atoms with van der Waals surface area (Å²) in [6, 6.07) is 4.24. The quantitative estimate of drug-likeness (QED) is 0.833. The van der Waals surface area contributed by atoms with Crippen molar-refractivity contribution in [2.75, 3.05) is 20.1 Å². The summed E-state index contributed by atoms with van der Waals surface area (Å²) in [5, 5.41) is 3.31. The van der Waals surface area contributed by atoms with Crippen molar-refractivity contribution in [2.45, 2.75) is 57.5 Å². The molecule has 1 N–H and O–H groups in total. The van der Waals surface area contributed by atoms with Gasteiger partial charge in [-0.25, -0.2) is 4.39 Å². The Balaban J connectivity index is 1.90. The van der Waals surface area contributed by atoms with Crippen molar-refractivity contribution in [1.29, 1.82) is 0 Å². The van der Waals surface area contributed by atoms with Crippen molar-refractivity contribution < 1.29 is 4.39 Å². The van der Waals surface area contributed by atoms with Crippen molar-refractivity contribution in [3.05, 3.63) is 29.8 Å². The third kappa shape index (κ3) is 4.75. The molecule has 118 valence electrons. The molecule has 0 aromatic carbocycles. The van der Waals surface area contributed by atoms with E-state index in [1.807, 2.05) is 7.05 Å². The lowest BCUT2D eigenvalue weighted by Crippen LogP contribution is -2.41. The molecule has 1 aromatic rings. The molecule has 0 aliphatic carbocycles. The van der Waals surface area contributed by atoms with Crippen molar-refractivity contribution in [2.24, 2.45) is 0 Å². The normalized spacial score (nSPS) is 21.4. The second kappa shape index (κ2) is 8.44. The third-order valence-corrected chi connectivity index (χ3v) is 4.53. The fourth-order valence-corrected chi connectivity index (χ4v) is 3.34. The van der Waals surface area contributed by atoms with Gasteiger partial charge >= 0.3 is 0 Å². The molecule has 2 unspecified atom stereocenters. The van der Waals surface area contributed by atoms with E-state index in [9.17, 15) is 4.39 Å². The Hall–Kier alpha value is -1.00. The van der Waals surface area contributed by atoms with Crippen LogP contribution in [0.25, 0.3) is 0 Å². The summed E-state index contributed by atoms with van der Waals surface area (Å²) in [7, 11) is 1.95. The Morgan fingerprint density at radius 3 is 2.95 bits per heavy atom. The van der Waals surface area contributed by atoms with E-state index in [-0.39, 0.29) is 11.9 Å². The smallest absolute Gasteiger partial charge is 0.141 e. The van der Waals surface area contributed by atoms with Crippen LogP contribution in [0.3, 0.4) is 0 Å². The van der Waals surface area contributed by atoms with Crippen LogP contribution in [0.2, 0.25) is 0 Å². The van der Waals surface area contributed by atoms with Gasteiger partial charge in [-0.05, 0) is 51.4 Å². The van der Waals surface area contributed by atoms with E-state index in [1.165, 1.54) is 50.9 Å². The average Bonchev–Trinajstić information content (AvgIpc) is 2.51.